The largest absolute Gasteiger partial charge is 0.443 e. The van der Waals surface area contributed by atoms with Crippen LogP contribution in [0.3, 0.4) is 0 Å². The topological polar surface area (TPSA) is 117 Å². The predicted molar refractivity (Wildman–Crippen MR) is 120 cm³/mol. The molecule has 4 heterocycles. The minimum absolute atomic E-state index is 0.0168. The summed E-state index contributed by atoms with van der Waals surface area (Å²) in [5.41, 5.74) is 7.44. The van der Waals surface area contributed by atoms with Gasteiger partial charge in [0.25, 0.3) is 5.56 Å². The van der Waals surface area contributed by atoms with E-state index in [-0.39, 0.29) is 46.9 Å². The molecule has 0 aliphatic carbocycles. The maximum Gasteiger partial charge on any atom is 0.250 e. The number of nitrogens with two attached hydrogens (primary N) is 1. The van der Waals surface area contributed by atoms with Gasteiger partial charge in [0.05, 0.1) is 11.8 Å². The molecule has 0 fully saturated rings. The van der Waals surface area contributed by atoms with Crippen LogP contribution < -0.4 is 11.3 Å². The Morgan fingerprint density at radius 2 is 1.88 bits per heavy atom. The zero-order valence-electron chi connectivity index (χ0n) is 18.2. The highest BCUT2D eigenvalue weighted by Crippen LogP contribution is 2.34. The van der Waals surface area contributed by atoms with Crippen LogP contribution in [0, 0.1) is 11.6 Å². The first-order chi connectivity index (χ1) is 16.3. The second-order valence-electron chi connectivity index (χ2n) is 7.93. The van der Waals surface area contributed by atoms with Crippen LogP contribution in [-0.4, -0.2) is 29.1 Å². The van der Waals surface area contributed by atoms with Crippen LogP contribution in [0.4, 0.5) is 14.7 Å². The minimum Gasteiger partial charge on any atom is -0.443 e. The van der Waals surface area contributed by atoms with E-state index in [0.29, 0.717) is 16.8 Å². The molecule has 0 amide bonds. The van der Waals surface area contributed by atoms with Gasteiger partial charge in [-0.05, 0) is 32.0 Å². The average molecular weight is 463 g/mol. The molecule has 11 heteroatoms. The molecule has 0 atom stereocenters. The van der Waals surface area contributed by atoms with Crippen molar-refractivity contribution >= 4 is 11.6 Å². The van der Waals surface area contributed by atoms with Gasteiger partial charge in [-0.15, -0.1) is 5.10 Å². The Hall–Kier alpha value is -4.41. The molecule has 0 aliphatic heterocycles. The van der Waals surface area contributed by atoms with E-state index in [4.69, 9.17) is 10.2 Å². The zero-order chi connectivity index (χ0) is 24.0. The van der Waals surface area contributed by atoms with Gasteiger partial charge in [-0.2, -0.15) is 4.52 Å². The molecule has 5 rings (SSSR count). The number of benzene rings is 1. The second-order valence-corrected chi connectivity index (χ2v) is 7.93. The predicted octanol–water partition coefficient (Wildman–Crippen LogP) is 3.64. The summed E-state index contributed by atoms with van der Waals surface area (Å²) < 4.78 is 36.8. The standard InChI is InChI=1S/C23H19F2N7O2/c1-12(2)31-11-13(6-7-18(31)33)19-20(22-27-8-9-34-22)29-23(26)32-21(19)28-17(30-32)10-14-15(24)4-3-5-16(14)25/h3-9,11-12H,10H2,1-2H3,(H2,26,29). The molecule has 9 nitrogen and oxygen atoms in total. The Kier molecular flexibility index (Phi) is 5.16. The van der Waals surface area contributed by atoms with Crippen molar-refractivity contribution in [3.8, 4) is 22.7 Å². The van der Waals surface area contributed by atoms with E-state index in [1.54, 1.807) is 16.8 Å². The summed E-state index contributed by atoms with van der Waals surface area (Å²) in [4.78, 5) is 25.5. The molecule has 0 saturated carbocycles. The maximum atomic E-state index is 14.2. The molecule has 2 N–H and O–H groups in total. The summed E-state index contributed by atoms with van der Waals surface area (Å²) in [5, 5.41) is 4.34. The number of hydrogen-bond donors (Lipinski definition) is 1. The van der Waals surface area contributed by atoms with Gasteiger partial charge in [0.15, 0.2) is 11.5 Å². The summed E-state index contributed by atoms with van der Waals surface area (Å²) in [6.07, 6.45) is 4.34. The molecule has 0 bridgehead atoms. The Bertz CT molecular complexity index is 1550. The van der Waals surface area contributed by atoms with E-state index in [0.717, 1.165) is 0 Å². The molecular formula is C23H19F2N7O2. The van der Waals surface area contributed by atoms with Crippen LogP contribution >= 0.6 is 0 Å². The fourth-order valence-corrected chi connectivity index (χ4v) is 3.75. The number of oxazole rings is 1. The lowest BCUT2D eigenvalue weighted by atomic mass is 10.1. The summed E-state index contributed by atoms with van der Waals surface area (Å²) in [6, 6.07) is 6.60. The Labute approximate surface area is 191 Å². The number of nitrogen functional groups attached to an aromatic ring is 1. The Morgan fingerprint density at radius 3 is 2.56 bits per heavy atom. The van der Waals surface area contributed by atoms with Crippen molar-refractivity contribution in [2.45, 2.75) is 26.3 Å². The summed E-state index contributed by atoms with van der Waals surface area (Å²) >= 11 is 0. The van der Waals surface area contributed by atoms with Crippen LogP contribution in [0.15, 0.2) is 58.2 Å². The van der Waals surface area contributed by atoms with Crippen molar-refractivity contribution in [1.82, 2.24) is 29.1 Å². The van der Waals surface area contributed by atoms with E-state index < -0.39 is 11.6 Å². The molecule has 0 unspecified atom stereocenters. The number of halogens is 2. The smallest absolute Gasteiger partial charge is 0.250 e. The van der Waals surface area contributed by atoms with Crippen molar-refractivity contribution < 1.29 is 13.2 Å². The highest BCUT2D eigenvalue weighted by molar-refractivity contribution is 5.88. The monoisotopic (exact) mass is 463 g/mol. The molecule has 0 saturated heterocycles. The number of anilines is 1. The molecule has 1 aromatic carbocycles. The van der Waals surface area contributed by atoms with Crippen molar-refractivity contribution in [1.29, 1.82) is 0 Å². The average Bonchev–Trinajstić information content (AvgIpc) is 3.47. The molecule has 0 spiro atoms. The highest BCUT2D eigenvalue weighted by Gasteiger charge is 2.23. The normalized spacial score (nSPS) is 11.6. The van der Waals surface area contributed by atoms with E-state index in [2.05, 4.69) is 20.1 Å². The van der Waals surface area contributed by atoms with Crippen LogP contribution in [0.2, 0.25) is 0 Å². The first-order valence-electron chi connectivity index (χ1n) is 10.4. The third kappa shape index (κ3) is 3.60. The summed E-state index contributed by atoms with van der Waals surface area (Å²) in [5.74, 6) is -1.09. The van der Waals surface area contributed by atoms with Gasteiger partial charge in [-0.3, -0.25) is 4.79 Å². The van der Waals surface area contributed by atoms with E-state index >= 15 is 0 Å². The van der Waals surface area contributed by atoms with Gasteiger partial charge >= 0.3 is 0 Å². The summed E-state index contributed by atoms with van der Waals surface area (Å²) in [6.45, 7) is 3.77. The number of nitrogens with zero attached hydrogens (tertiary/aromatic N) is 6. The summed E-state index contributed by atoms with van der Waals surface area (Å²) in [7, 11) is 0. The van der Waals surface area contributed by atoms with Crippen molar-refractivity contribution in [3.05, 3.63) is 82.4 Å². The van der Waals surface area contributed by atoms with Gasteiger partial charge in [0.2, 0.25) is 11.8 Å². The molecule has 0 radical (unpaired) electrons. The Balaban J connectivity index is 1.77. The quantitative estimate of drug-likeness (QED) is 0.423. The highest BCUT2D eigenvalue weighted by atomic mass is 19.1. The van der Waals surface area contributed by atoms with Crippen molar-refractivity contribution in [3.63, 3.8) is 0 Å². The van der Waals surface area contributed by atoms with Crippen LogP contribution in [0.25, 0.3) is 28.4 Å². The van der Waals surface area contributed by atoms with Crippen molar-refractivity contribution in [2.75, 3.05) is 5.73 Å². The first kappa shape index (κ1) is 21.4. The molecule has 172 valence electrons. The Morgan fingerprint density at radius 1 is 1.12 bits per heavy atom. The maximum absolute atomic E-state index is 14.2. The number of pyridine rings is 1. The fraction of sp³-hybridized carbons (Fsp3) is 0.174. The third-order valence-corrected chi connectivity index (χ3v) is 5.37. The zero-order valence-corrected chi connectivity index (χ0v) is 18.2. The van der Waals surface area contributed by atoms with Crippen molar-refractivity contribution in [2.24, 2.45) is 0 Å². The van der Waals surface area contributed by atoms with Gasteiger partial charge in [-0.1, -0.05) is 6.07 Å². The number of fused-ring (bicyclic) bond motifs is 1. The minimum atomic E-state index is -0.699. The lowest BCUT2D eigenvalue weighted by Gasteiger charge is -2.14. The van der Waals surface area contributed by atoms with Crippen LogP contribution in [-0.2, 0) is 6.42 Å². The van der Waals surface area contributed by atoms with Crippen LogP contribution in [0.1, 0.15) is 31.3 Å². The SMILES string of the molecule is CC(C)n1cc(-c2c(-c3ncco3)nc(N)n3nc(Cc4c(F)cccc4F)nc23)ccc1=O. The van der Waals surface area contributed by atoms with E-state index in [1.165, 1.54) is 41.2 Å². The van der Waals surface area contributed by atoms with Crippen LogP contribution in [0.5, 0.6) is 0 Å². The molecule has 5 aromatic rings. The molecule has 0 aliphatic rings. The lowest BCUT2D eigenvalue weighted by molar-refractivity contribution is 0.559. The van der Waals surface area contributed by atoms with Gasteiger partial charge in [0.1, 0.15) is 23.6 Å². The van der Waals surface area contributed by atoms with E-state index in [9.17, 15) is 13.6 Å². The molecule has 34 heavy (non-hydrogen) atoms. The third-order valence-electron chi connectivity index (χ3n) is 5.37. The lowest BCUT2D eigenvalue weighted by Crippen LogP contribution is -2.20. The molecular weight excluding hydrogens is 444 g/mol. The second kappa shape index (κ2) is 8.18. The number of rotatable bonds is 5. The number of aromatic nitrogens is 6. The first-order valence-corrected chi connectivity index (χ1v) is 10.4. The van der Waals surface area contributed by atoms with E-state index in [1.807, 2.05) is 13.8 Å². The van der Waals surface area contributed by atoms with Gasteiger partial charge < -0.3 is 14.7 Å². The van der Waals surface area contributed by atoms with Gasteiger partial charge in [-0.25, -0.2) is 23.7 Å². The van der Waals surface area contributed by atoms with Gasteiger partial charge in [0, 0.05) is 35.9 Å². The molecule has 4 aromatic heterocycles. The number of hydrogen-bond acceptors (Lipinski definition) is 7. The fourth-order valence-electron chi connectivity index (χ4n) is 3.75.